The van der Waals surface area contributed by atoms with Crippen molar-refractivity contribution in [2.45, 2.75) is 25.7 Å². The predicted octanol–water partition coefficient (Wildman–Crippen LogP) is 3.63. The van der Waals surface area contributed by atoms with Gasteiger partial charge in [-0.05, 0) is 74.8 Å². The molecule has 1 aliphatic rings. The molecule has 0 saturated carbocycles. The lowest BCUT2D eigenvalue weighted by Gasteiger charge is -2.32. The average molecular weight is 482 g/mol. The first-order valence-electron chi connectivity index (χ1n) is 11.2. The van der Waals surface area contributed by atoms with Crippen molar-refractivity contribution < 1.29 is 13.2 Å². The molecule has 3 aromatic rings. The van der Waals surface area contributed by atoms with E-state index in [0.29, 0.717) is 22.7 Å². The van der Waals surface area contributed by atoms with E-state index >= 15 is 0 Å². The standard InChI is InChI=1S/C25H31N5O3S/c1-17-15-23(18(2)19(3)25(17)33-5)34(31,32)28-21-8-6-7-20(16-21)22-9-10-24(27-26-22)30-13-11-29(4)12-14-30/h6-10,15-16,28H,11-14H2,1-5H3. The first-order chi connectivity index (χ1) is 16.2. The van der Waals surface area contributed by atoms with Crippen molar-refractivity contribution >= 4 is 21.5 Å². The smallest absolute Gasteiger partial charge is 0.262 e. The predicted molar refractivity (Wildman–Crippen MR) is 135 cm³/mol. The summed E-state index contributed by atoms with van der Waals surface area (Å²) in [6.07, 6.45) is 0. The Kier molecular flexibility index (Phi) is 6.77. The summed E-state index contributed by atoms with van der Waals surface area (Å²) in [5, 5.41) is 8.81. The molecule has 1 aromatic heterocycles. The van der Waals surface area contributed by atoms with Gasteiger partial charge in [0.25, 0.3) is 10.0 Å². The Morgan fingerprint density at radius 1 is 0.941 bits per heavy atom. The third-order valence-corrected chi connectivity index (χ3v) is 7.87. The van der Waals surface area contributed by atoms with Crippen LogP contribution >= 0.6 is 0 Å². The van der Waals surface area contributed by atoms with Crippen LogP contribution in [0.3, 0.4) is 0 Å². The van der Waals surface area contributed by atoms with Gasteiger partial charge in [0.1, 0.15) is 5.75 Å². The van der Waals surface area contributed by atoms with Crippen LogP contribution < -0.4 is 14.4 Å². The average Bonchev–Trinajstić information content (AvgIpc) is 2.82. The van der Waals surface area contributed by atoms with Gasteiger partial charge in [0, 0.05) is 37.4 Å². The molecule has 2 heterocycles. The molecule has 0 atom stereocenters. The molecule has 4 rings (SSSR count). The van der Waals surface area contributed by atoms with Gasteiger partial charge in [-0.1, -0.05) is 12.1 Å². The molecule has 0 radical (unpaired) electrons. The number of sulfonamides is 1. The van der Waals surface area contributed by atoms with E-state index in [1.54, 1.807) is 38.3 Å². The molecule has 1 N–H and O–H groups in total. The molecule has 180 valence electrons. The van der Waals surface area contributed by atoms with E-state index in [1.165, 1.54) is 0 Å². The van der Waals surface area contributed by atoms with E-state index in [2.05, 4.69) is 31.8 Å². The number of aromatic nitrogens is 2. The Balaban J connectivity index is 1.56. The third kappa shape index (κ3) is 4.85. The van der Waals surface area contributed by atoms with Gasteiger partial charge in [-0.15, -0.1) is 10.2 Å². The van der Waals surface area contributed by atoms with E-state index in [9.17, 15) is 8.42 Å². The lowest BCUT2D eigenvalue weighted by Crippen LogP contribution is -2.44. The molecular weight excluding hydrogens is 450 g/mol. The number of anilines is 2. The van der Waals surface area contributed by atoms with E-state index in [1.807, 2.05) is 32.0 Å². The number of piperazine rings is 1. The monoisotopic (exact) mass is 481 g/mol. The summed E-state index contributed by atoms with van der Waals surface area (Å²) in [5.41, 5.74) is 4.19. The van der Waals surface area contributed by atoms with Gasteiger partial charge in [-0.2, -0.15) is 0 Å². The molecule has 34 heavy (non-hydrogen) atoms. The van der Waals surface area contributed by atoms with Crippen molar-refractivity contribution in [3.05, 3.63) is 59.2 Å². The van der Waals surface area contributed by atoms with Crippen LogP contribution in [0.2, 0.25) is 0 Å². The minimum atomic E-state index is -3.79. The molecule has 0 amide bonds. The summed E-state index contributed by atoms with van der Waals surface area (Å²) in [5.74, 6) is 1.56. The highest BCUT2D eigenvalue weighted by Gasteiger charge is 2.22. The van der Waals surface area contributed by atoms with Crippen LogP contribution in [-0.2, 0) is 10.0 Å². The number of ether oxygens (including phenoxy) is 1. The van der Waals surface area contributed by atoms with E-state index in [-0.39, 0.29) is 4.90 Å². The van der Waals surface area contributed by atoms with Crippen molar-refractivity contribution in [1.29, 1.82) is 0 Å². The lowest BCUT2D eigenvalue weighted by molar-refractivity contribution is 0.312. The summed E-state index contributed by atoms with van der Waals surface area (Å²) in [4.78, 5) is 4.76. The maximum absolute atomic E-state index is 13.2. The highest BCUT2D eigenvalue weighted by atomic mass is 32.2. The lowest BCUT2D eigenvalue weighted by atomic mass is 10.1. The minimum Gasteiger partial charge on any atom is -0.496 e. The van der Waals surface area contributed by atoms with E-state index in [0.717, 1.165) is 48.7 Å². The molecule has 2 aromatic carbocycles. The highest BCUT2D eigenvalue weighted by molar-refractivity contribution is 7.92. The number of benzene rings is 2. The molecule has 0 spiro atoms. The van der Waals surface area contributed by atoms with Crippen LogP contribution in [0.5, 0.6) is 5.75 Å². The second-order valence-corrected chi connectivity index (χ2v) is 10.4. The summed E-state index contributed by atoms with van der Waals surface area (Å²) in [6, 6.07) is 12.7. The van der Waals surface area contributed by atoms with Crippen molar-refractivity contribution in [3.8, 4) is 17.0 Å². The molecule has 0 bridgehead atoms. The van der Waals surface area contributed by atoms with Crippen LogP contribution in [0.1, 0.15) is 16.7 Å². The number of nitrogens with zero attached hydrogens (tertiary/aromatic N) is 4. The number of nitrogens with one attached hydrogen (secondary N) is 1. The zero-order valence-electron chi connectivity index (χ0n) is 20.3. The number of likely N-dealkylation sites (N-methyl/N-ethyl adjacent to an activating group) is 1. The molecular formula is C25H31N5O3S. The molecule has 0 aliphatic carbocycles. The SMILES string of the molecule is COc1c(C)cc(S(=O)(=O)Nc2cccc(-c3ccc(N4CCN(C)CC4)nn3)c2)c(C)c1C. The fourth-order valence-corrected chi connectivity index (χ4v) is 5.69. The number of hydrogen-bond acceptors (Lipinski definition) is 7. The van der Waals surface area contributed by atoms with Gasteiger partial charge >= 0.3 is 0 Å². The topological polar surface area (TPSA) is 87.7 Å². The number of aryl methyl sites for hydroxylation is 1. The quantitative estimate of drug-likeness (QED) is 0.575. The van der Waals surface area contributed by atoms with Crippen LogP contribution in [0.4, 0.5) is 11.5 Å². The van der Waals surface area contributed by atoms with Crippen molar-refractivity contribution in [1.82, 2.24) is 15.1 Å². The van der Waals surface area contributed by atoms with Crippen molar-refractivity contribution in [3.63, 3.8) is 0 Å². The Bertz CT molecular complexity index is 1280. The molecule has 1 fully saturated rings. The number of methoxy groups -OCH3 is 1. The van der Waals surface area contributed by atoms with Gasteiger partial charge in [0.15, 0.2) is 5.82 Å². The van der Waals surface area contributed by atoms with Gasteiger partial charge in [0.05, 0.1) is 17.7 Å². The van der Waals surface area contributed by atoms with E-state index < -0.39 is 10.0 Å². The van der Waals surface area contributed by atoms with Gasteiger partial charge in [0.2, 0.25) is 0 Å². The maximum atomic E-state index is 13.2. The largest absolute Gasteiger partial charge is 0.496 e. The normalized spacial score (nSPS) is 14.8. The Morgan fingerprint density at radius 2 is 1.68 bits per heavy atom. The van der Waals surface area contributed by atoms with Crippen LogP contribution in [0.25, 0.3) is 11.3 Å². The van der Waals surface area contributed by atoms with Gasteiger partial charge in [-0.3, -0.25) is 4.72 Å². The second kappa shape index (κ2) is 9.60. The molecule has 1 aliphatic heterocycles. The van der Waals surface area contributed by atoms with Crippen molar-refractivity contribution in [2.24, 2.45) is 0 Å². The summed E-state index contributed by atoms with van der Waals surface area (Å²) in [6.45, 7) is 9.34. The van der Waals surface area contributed by atoms with Crippen LogP contribution in [-0.4, -0.2) is 63.9 Å². The minimum absolute atomic E-state index is 0.241. The van der Waals surface area contributed by atoms with Gasteiger partial charge < -0.3 is 14.5 Å². The fraction of sp³-hybridized carbons (Fsp3) is 0.360. The molecule has 1 saturated heterocycles. The summed E-state index contributed by atoms with van der Waals surface area (Å²) >= 11 is 0. The second-order valence-electron chi connectivity index (χ2n) is 8.73. The van der Waals surface area contributed by atoms with E-state index in [4.69, 9.17) is 4.74 Å². The highest BCUT2D eigenvalue weighted by Crippen LogP contribution is 2.32. The number of hydrogen-bond donors (Lipinski definition) is 1. The third-order valence-electron chi connectivity index (χ3n) is 6.36. The zero-order chi connectivity index (χ0) is 24.5. The first kappa shape index (κ1) is 24.0. The Hall–Kier alpha value is -3.17. The first-order valence-corrected chi connectivity index (χ1v) is 12.7. The Labute approximate surface area is 201 Å². The molecule has 0 unspecified atom stereocenters. The fourth-order valence-electron chi connectivity index (χ4n) is 4.25. The van der Waals surface area contributed by atoms with Crippen molar-refractivity contribution in [2.75, 3.05) is 50.0 Å². The van der Waals surface area contributed by atoms with Gasteiger partial charge in [-0.25, -0.2) is 8.42 Å². The number of rotatable bonds is 6. The van der Waals surface area contributed by atoms with Crippen LogP contribution in [0.15, 0.2) is 47.4 Å². The molecule has 8 nitrogen and oxygen atoms in total. The zero-order valence-corrected chi connectivity index (χ0v) is 21.1. The Morgan fingerprint density at radius 3 is 2.32 bits per heavy atom. The maximum Gasteiger partial charge on any atom is 0.262 e. The van der Waals surface area contributed by atoms with Crippen LogP contribution in [0, 0.1) is 20.8 Å². The summed E-state index contributed by atoms with van der Waals surface area (Å²) < 4.78 is 34.6. The summed E-state index contributed by atoms with van der Waals surface area (Å²) in [7, 11) is -0.0837. The molecule has 9 heteroatoms.